The minimum absolute atomic E-state index is 0.172. The lowest BCUT2D eigenvalue weighted by atomic mass is 10.2. The van der Waals surface area contributed by atoms with Crippen LogP contribution in [0.2, 0.25) is 0 Å². The van der Waals surface area contributed by atoms with E-state index in [4.69, 9.17) is 11.5 Å². The highest BCUT2D eigenvalue weighted by Gasteiger charge is 2.05. The van der Waals surface area contributed by atoms with E-state index in [-0.39, 0.29) is 5.91 Å². The normalized spacial score (nSPS) is 9.88. The second-order valence-electron chi connectivity index (χ2n) is 3.66. The number of rotatable bonds is 2. The van der Waals surface area contributed by atoms with Crippen LogP contribution in [-0.4, -0.2) is 5.91 Å². The Morgan fingerprint density at radius 3 is 2.29 bits per heavy atom. The molecule has 2 rings (SSSR count). The van der Waals surface area contributed by atoms with Crippen LogP contribution in [0, 0.1) is 0 Å². The Bertz CT molecular complexity index is 538. The lowest BCUT2D eigenvalue weighted by molar-refractivity contribution is 0.102. The first-order valence-electron chi connectivity index (χ1n) is 5.18. The monoisotopic (exact) mass is 227 g/mol. The molecule has 17 heavy (non-hydrogen) atoms. The molecule has 0 aliphatic rings. The van der Waals surface area contributed by atoms with Crippen molar-refractivity contribution in [1.29, 1.82) is 0 Å². The Hall–Kier alpha value is -2.49. The zero-order valence-corrected chi connectivity index (χ0v) is 9.18. The van der Waals surface area contributed by atoms with Crippen molar-refractivity contribution >= 4 is 23.0 Å². The van der Waals surface area contributed by atoms with Gasteiger partial charge in [0.15, 0.2) is 0 Å². The fourth-order valence-electron chi connectivity index (χ4n) is 1.45. The highest BCUT2D eigenvalue weighted by Crippen LogP contribution is 2.20. The minimum atomic E-state index is -0.172. The topological polar surface area (TPSA) is 81.1 Å². The van der Waals surface area contributed by atoms with E-state index >= 15 is 0 Å². The maximum atomic E-state index is 11.8. The molecule has 0 aliphatic heterocycles. The van der Waals surface area contributed by atoms with Crippen molar-refractivity contribution in [3.05, 3.63) is 54.1 Å². The second-order valence-corrected chi connectivity index (χ2v) is 3.66. The molecule has 0 spiro atoms. The molecule has 0 radical (unpaired) electrons. The number of nitrogens with one attached hydrogen (secondary N) is 1. The van der Waals surface area contributed by atoms with Gasteiger partial charge in [0.25, 0.3) is 5.91 Å². The van der Waals surface area contributed by atoms with E-state index in [1.54, 1.807) is 30.3 Å². The van der Waals surface area contributed by atoms with Gasteiger partial charge in [0.05, 0.1) is 11.4 Å². The first-order chi connectivity index (χ1) is 8.16. The molecular formula is C13H13N3O. The molecule has 2 aromatic rings. The average molecular weight is 227 g/mol. The first kappa shape index (κ1) is 11.0. The Balaban J connectivity index is 2.16. The highest BCUT2D eigenvalue weighted by molar-refractivity contribution is 6.04. The van der Waals surface area contributed by atoms with Crippen LogP contribution >= 0.6 is 0 Å². The third-order valence-corrected chi connectivity index (χ3v) is 2.38. The summed E-state index contributed by atoms with van der Waals surface area (Å²) in [6.45, 7) is 0. The van der Waals surface area contributed by atoms with Crippen molar-refractivity contribution < 1.29 is 4.79 Å². The Labute approximate surface area is 99.2 Å². The number of anilines is 3. The fraction of sp³-hybridized carbons (Fsp3) is 0. The van der Waals surface area contributed by atoms with Crippen LogP contribution in [0.4, 0.5) is 17.1 Å². The van der Waals surface area contributed by atoms with Crippen LogP contribution in [0.15, 0.2) is 48.5 Å². The summed E-state index contributed by atoms with van der Waals surface area (Å²) in [6.07, 6.45) is 0. The van der Waals surface area contributed by atoms with Gasteiger partial charge in [-0.2, -0.15) is 0 Å². The van der Waals surface area contributed by atoms with Crippen LogP contribution in [0.5, 0.6) is 0 Å². The molecule has 0 bridgehead atoms. The van der Waals surface area contributed by atoms with Crippen molar-refractivity contribution in [3.8, 4) is 0 Å². The molecule has 4 nitrogen and oxygen atoms in total. The van der Waals surface area contributed by atoms with Gasteiger partial charge in [0.2, 0.25) is 0 Å². The van der Waals surface area contributed by atoms with Gasteiger partial charge in [0.1, 0.15) is 0 Å². The predicted octanol–water partition coefficient (Wildman–Crippen LogP) is 2.10. The molecule has 2 aromatic carbocycles. The molecule has 1 amide bonds. The molecule has 86 valence electrons. The number of carbonyl (C=O) groups is 1. The Morgan fingerprint density at radius 1 is 0.941 bits per heavy atom. The summed E-state index contributed by atoms with van der Waals surface area (Å²) >= 11 is 0. The largest absolute Gasteiger partial charge is 0.397 e. The molecular weight excluding hydrogens is 214 g/mol. The quantitative estimate of drug-likeness (QED) is 0.687. The molecule has 4 heteroatoms. The summed E-state index contributed by atoms with van der Waals surface area (Å²) in [5.74, 6) is -0.172. The second kappa shape index (κ2) is 4.57. The van der Waals surface area contributed by atoms with Crippen molar-refractivity contribution in [3.63, 3.8) is 0 Å². The molecule has 0 aromatic heterocycles. The van der Waals surface area contributed by atoms with Gasteiger partial charge in [0, 0.05) is 11.3 Å². The molecule has 0 atom stereocenters. The Morgan fingerprint density at radius 2 is 1.65 bits per heavy atom. The number of hydrogen-bond acceptors (Lipinski definition) is 3. The Kier molecular flexibility index (Phi) is 2.96. The predicted molar refractivity (Wildman–Crippen MR) is 69.7 cm³/mol. The summed E-state index contributed by atoms with van der Waals surface area (Å²) in [5.41, 5.74) is 13.4. The van der Waals surface area contributed by atoms with Gasteiger partial charge in [-0.05, 0) is 30.3 Å². The van der Waals surface area contributed by atoms with Crippen LogP contribution in [-0.2, 0) is 0 Å². The smallest absolute Gasteiger partial charge is 0.255 e. The zero-order valence-electron chi connectivity index (χ0n) is 9.18. The van der Waals surface area contributed by atoms with Crippen LogP contribution in [0.3, 0.4) is 0 Å². The lowest BCUT2D eigenvalue weighted by Gasteiger charge is -2.07. The number of carbonyl (C=O) groups excluding carboxylic acids is 1. The SMILES string of the molecule is Nc1ccc(NC(=O)c2ccccc2)cc1N. The van der Waals surface area contributed by atoms with E-state index in [1.165, 1.54) is 0 Å². The van der Waals surface area contributed by atoms with Crippen molar-refractivity contribution in [2.75, 3.05) is 16.8 Å². The van der Waals surface area contributed by atoms with Gasteiger partial charge in [-0.15, -0.1) is 0 Å². The van der Waals surface area contributed by atoms with Gasteiger partial charge < -0.3 is 16.8 Å². The molecule has 0 heterocycles. The summed E-state index contributed by atoms with van der Waals surface area (Å²) < 4.78 is 0. The highest BCUT2D eigenvalue weighted by atomic mass is 16.1. The standard InChI is InChI=1S/C13H13N3O/c14-11-7-6-10(8-12(11)15)16-13(17)9-4-2-1-3-5-9/h1-8H,14-15H2,(H,16,17). The average Bonchev–Trinajstić information content (AvgIpc) is 2.35. The molecule has 0 aliphatic carbocycles. The van der Waals surface area contributed by atoms with Gasteiger partial charge in [-0.25, -0.2) is 0 Å². The van der Waals surface area contributed by atoms with Crippen molar-refractivity contribution in [2.45, 2.75) is 0 Å². The van der Waals surface area contributed by atoms with E-state index in [2.05, 4.69) is 5.32 Å². The van der Waals surface area contributed by atoms with E-state index < -0.39 is 0 Å². The zero-order chi connectivity index (χ0) is 12.3. The van der Waals surface area contributed by atoms with Crippen molar-refractivity contribution in [2.24, 2.45) is 0 Å². The van der Waals surface area contributed by atoms with E-state index in [0.29, 0.717) is 22.6 Å². The number of amides is 1. The van der Waals surface area contributed by atoms with E-state index in [1.807, 2.05) is 18.2 Å². The van der Waals surface area contributed by atoms with Gasteiger partial charge in [-0.3, -0.25) is 4.79 Å². The molecule has 0 unspecified atom stereocenters. The fourth-order valence-corrected chi connectivity index (χ4v) is 1.45. The van der Waals surface area contributed by atoms with Crippen LogP contribution < -0.4 is 16.8 Å². The molecule has 0 fully saturated rings. The molecule has 0 saturated heterocycles. The summed E-state index contributed by atoms with van der Waals surface area (Å²) in [4.78, 5) is 11.8. The summed E-state index contributed by atoms with van der Waals surface area (Å²) in [5, 5.41) is 2.75. The van der Waals surface area contributed by atoms with Crippen molar-refractivity contribution in [1.82, 2.24) is 0 Å². The van der Waals surface area contributed by atoms with E-state index in [9.17, 15) is 4.79 Å². The van der Waals surface area contributed by atoms with Crippen LogP contribution in [0.1, 0.15) is 10.4 Å². The summed E-state index contributed by atoms with van der Waals surface area (Å²) in [6, 6.07) is 14.0. The van der Waals surface area contributed by atoms with Crippen LogP contribution in [0.25, 0.3) is 0 Å². The third-order valence-electron chi connectivity index (χ3n) is 2.38. The van der Waals surface area contributed by atoms with Gasteiger partial charge >= 0.3 is 0 Å². The number of nitrogens with two attached hydrogens (primary N) is 2. The number of hydrogen-bond donors (Lipinski definition) is 3. The lowest BCUT2D eigenvalue weighted by Crippen LogP contribution is -2.12. The summed E-state index contributed by atoms with van der Waals surface area (Å²) in [7, 11) is 0. The molecule has 5 N–H and O–H groups in total. The van der Waals surface area contributed by atoms with E-state index in [0.717, 1.165) is 0 Å². The maximum absolute atomic E-state index is 11.8. The maximum Gasteiger partial charge on any atom is 0.255 e. The minimum Gasteiger partial charge on any atom is -0.397 e. The third kappa shape index (κ3) is 2.55. The number of nitrogen functional groups attached to an aromatic ring is 2. The van der Waals surface area contributed by atoms with Gasteiger partial charge in [-0.1, -0.05) is 18.2 Å². The number of benzene rings is 2. The first-order valence-corrected chi connectivity index (χ1v) is 5.18. The molecule has 0 saturated carbocycles.